The summed E-state index contributed by atoms with van der Waals surface area (Å²) >= 11 is 0. The van der Waals surface area contributed by atoms with E-state index in [1.54, 1.807) is 19.1 Å². The van der Waals surface area contributed by atoms with E-state index in [9.17, 15) is 9.18 Å². The number of halogens is 1. The molecule has 0 atom stereocenters. The number of benzene rings is 1. The molecule has 1 amide bonds. The Morgan fingerprint density at radius 2 is 2.06 bits per heavy atom. The SMILES string of the molecule is COc1ccc(C/C(C(N)=O)=C(\C)N)c(F)c1. The third-order valence-electron chi connectivity index (χ3n) is 2.40. The number of carbonyl (C=O) groups is 1. The smallest absolute Gasteiger partial charge is 0.246 e. The van der Waals surface area contributed by atoms with Gasteiger partial charge in [-0.05, 0) is 18.6 Å². The number of nitrogens with two attached hydrogens (primary N) is 2. The molecule has 0 fully saturated rings. The molecule has 4 nitrogen and oxygen atoms in total. The van der Waals surface area contributed by atoms with Gasteiger partial charge in [-0.2, -0.15) is 0 Å². The summed E-state index contributed by atoms with van der Waals surface area (Å²) in [6.45, 7) is 1.56. The van der Waals surface area contributed by atoms with Crippen LogP contribution in [0.3, 0.4) is 0 Å². The highest BCUT2D eigenvalue weighted by molar-refractivity contribution is 5.93. The average Bonchev–Trinajstić information content (AvgIpc) is 2.26. The summed E-state index contributed by atoms with van der Waals surface area (Å²) in [5, 5.41) is 0. The van der Waals surface area contributed by atoms with Crippen LogP contribution in [0.1, 0.15) is 12.5 Å². The fourth-order valence-electron chi connectivity index (χ4n) is 1.41. The first kappa shape index (κ1) is 13.0. The highest BCUT2D eigenvalue weighted by Gasteiger charge is 2.12. The molecular formula is C12H15FN2O2. The van der Waals surface area contributed by atoms with Crippen LogP contribution in [-0.4, -0.2) is 13.0 Å². The molecule has 0 saturated heterocycles. The van der Waals surface area contributed by atoms with Crippen LogP contribution in [0.25, 0.3) is 0 Å². The Morgan fingerprint density at radius 3 is 2.47 bits per heavy atom. The first-order valence-corrected chi connectivity index (χ1v) is 5.03. The molecule has 0 aliphatic carbocycles. The number of allylic oxidation sites excluding steroid dienone is 1. The summed E-state index contributed by atoms with van der Waals surface area (Å²) in [7, 11) is 1.45. The van der Waals surface area contributed by atoms with Crippen molar-refractivity contribution in [3.63, 3.8) is 0 Å². The fraction of sp³-hybridized carbons (Fsp3) is 0.250. The van der Waals surface area contributed by atoms with E-state index in [2.05, 4.69) is 0 Å². The predicted molar refractivity (Wildman–Crippen MR) is 62.7 cm³/mol. The number of hydrogen-bond acceptors (Lipinski definition) is 3. The van der Waals surface area contributed by atoms with Crippen molar-refractivity contribution in [2.45, 2.75) is 13.3 Å². The van der Waals surface area contributed by atoms with E-state index in [4.69, 9.17) is 16.2 Å². The molecule has 0 aromatic heterocycles. The Kier molecular flexibility index (Phi) is 4.09. The normalized spacial score (nSPS) is 11.9. The second-order valence-electron chi connectivity index (χ2n) is 3.66. The largest absolute Gasteiger partial charge is 0.497 e. The molecule has 0 unspecified atom stereocenters. The molecule has 0 aliphatic heterocycles. The first-order valence-electron chi connectivity index (χ1n) is 5.03. The maximum atomic E-state index is 13.6. The minimum absolute atomic E-state index is 0.0769. The van der Waals surface area contributed by atoms with Crippen molar-refractivity contribution < 1.29 is 13.9 Å². The van der Waals surface area contributed by atoms with Gasteiger partial charge in [-0.1, -0.05) is 6.07 Å². The number of carbonyl (C=O) groups excluding carboxylic acids is 1. The molecular weight excluding hydrogens is 223 g/mol. The molecule has 5 heteroatoms. The lowest BCUT2D eigenvalue weighted by Crippen LogP contribution is -2.20. The maximum Gasteiger partial charge on any atom is 0.246 e. The molecule has 0 saturated carbocycles. The van der Waals surface area contributed by atoms with Crippen molar-refractivity contribution in [1.82, 2.24) is 0 Å². The summed E-state index contributed by atoms with van der Waals surface area (Å²) in [6, 6.07) is 4.41. The number of primary amides is 1. The van der Waals surface area contributed by atoms with Crippen LogP contribution in [0.5, 0.6) is 5.75 Å². The van der Waals surface area contributed by atoms with E-state index in [-0.39, 0.29) is 12.0 Å². The molecule has 4 N–H and O–H groups in total. The van der Waals surface area contributed by atoms with Crippen LogP contribution in [0.4, 0.5) is 4.39 Å². The van der Waals surface area contributed by atoms with Crippen LogP contribution in [0.2, 0.25) is 0 Å². The number of ether oxygens (including phenoxy) is 1. The molecule has 0 heterocycles. The number of rotatable bonds is 4. The van der Waals surface area contributed by atoms with E-state index < -0.39 is 11.7 Å². The second kappa shape index (κ2) is 5.34. The summed E-state index contributed by atoms with van der Waals surface area (Å²) in [4.78, 5) is 11.1. The molecule has 17 heavy (non-hydrogen) atoms. The summed E-state index contributed by atoms with van der Waals surface area (Å²) in [5.74, 6) is -0.676. The van der Waals surface area contributed by atoms with Crippen molar-refractivity contribution in [2.24, 2.45) is 11.5 Å². The highest BCUT2D eigenvalue weighted by atomic mass is 19.1. The minimum Gasteiger partial charge on any atom is -0.497 e. The van der Waals surface area contributed by atoms with Crippen LogP contribution >= 0.6 is 0 Å². The summed E-state index contributed by atoms with van der Waals surface area (Å²) < 4.78 is 18.5. The van der Waals surface area contributed by atoms with Gasteiger partial charge in [-0.3, -0.25) is 4.79 Å². The quantitative estimate of drug-likeness (QED) is 0.771. The lowest BCUT2D eigenvalue weighted by atomic mass is 10.0. The molecule has 0 radical (unpaired) electrons. The summed E-state index contributed by atoms with van der Waals surface area (Å²) in [5.41, 5.74) is 11.6. The van der Waals surface area contributed by atoms with Gasteiger partial charge in [-0.15, -0.1) is 0 Å². The van der Waals surface area contributed by atoms with Gasteiger partial charge in [0.05, 0.1) is 7.11 Å². The van der Waals surface area contributed by atoms with Crippen molar-refractivity contribution >= 4 is 5.91 Å². The zero-order valence-corrected chi connectivity index (χ0v) is 9.79. The van der Waals surface area contributed by atoms with Gasteiger partial charge in [0.2, 0.25) is 5.91 Å². The number of methoxy groups -OCH3 is 1. The minimum atomic E-state index is -0.639. The van der Waals surface area contributed by atoms with Crippen LogP contribution in [0, 0.1) is 5.82 Å². The molecule has 0 spiro atoms. The Labute approximate surface area is 99.1 Å². The van der Waals surface area contributed by atoms with E-state index >= 15 is 0 Å². The molecule has 1 aromatic rings. The first-order chi connectivity index (χ1) is 7.95. The Balaban J connectivity index is 3.03. The van der Waals surface area contributed by atoms with Crippen molar-refractivity contribution in [3.05, 3.63) is 40.8 Å². The van der Waals surface area contributed by atoms with Crippen molar-refractivity contribution in [1.29, 1.82) is 0 Å². The Hall–Kier alpha value is -2.04. The Bertz CT molecular complexity index is 466. The monoisotopic (exact) mass is 238 g/mol. The topological polar surface area (TPSA) is 78.3 Å². The van der Waals surface area contributed by atoms with Crippen LogP contribution < -0.4 is 16.2 Å². The lowest BCUT2D eigenvalue weighted by Gasteiger charge is -2.08. The van der Waals surface area contributed by atoms with Gasteiger partial charge in [0, 0.05) is 23.8 Å². The molecule has 1 rings (SSSR count). The van der Waals surface area contributed by atoms with Gasteiger partial charge in [0.1, 0.15) is 11.6 Å². The molecule has 92 valence electrons. The average molecular weight is 238 g/mol. The van der Waals surface area contributed by atoms with Gasteiger partial charge in [0.25, 0.3) is 0 Å². The van der Waals surface area contributed by atoms with Crippen molar-refractivity contribution in [2.75, 3.05) is 7.11 Å². The van der Waals surface area contributed by atoms with Gasteiger partial charge in [0.15, 0.2) is 0 Å². The maximum absolute atomic E-state index is 13.6. The molecule has 0 bridgehead atoms. The van der Waals surface area contributed by atoms with E-state index in [0.717, 1.165) is 0 Å². The molecule has 0 aliphatic rings. The third-order valence-corrected chi connectivity index (χ3v) is 2.40. The van der Waals surface area contributed by atoms with E-state index in [1.165, 1.54) is 13.2 Å². The highest BCUT2D eigenvalue weighted by Crippen LogP contribution is 2.19. The van der Waals surface area contributed by atoms with E-state index in [0.29, 0.717) is 17.0 Å². The van der Waals surface area contributed by atoms with Crippen molar-refractivity contribution in [3.8, 4) is 5.75 Å². The van der Waals surface area contributed by atoms with Gasteiger partial charge < -0.3 is 16.2 Å². The number of amides is 1. The van der Waals surface area contributed by atoms with Crippen LogP contribution in [-0.2, 0) is 11.2 Å². The standard InChI is InChI=1S/C12H15FN2O2/c1-7(14)10(12(15)16)5-8-3-4-9(17-2)6-11(8)13/h3-4,6H,5,14H2,1-2H3,(H2,15,16)/b10-7-. The fourth-order valence-corrected chi connectivity index (χ4v) is 1.41. The zero-order chi connectivity index (χ0) is 13.0. The van der Waals surface area contributed by atoms with Gasteiger partial charge >= 0.3 is 0 Å². The Morgan fingerprint density at radius 1 is 1.41 bits per heavy atom. The number of hydrogen-bond donors (Lipinski definition) is 2. The van der Waals surface area contributed by atoms with Crippen LogP contribution in [0.15, 0.2) is 29.5 Å². The van der Waals surface area contributed by atoms with Gasteiger partial charge in [-0.25, -0.2) is 4.39 Å². The second-order valence-corrected chi connectivity index (χ2v) is 3.66. The van der Waals surface area contributed by atoms with E-state index in [1.807, 2.05) is 0 Å². The molecule has 1 aromatic carbocycles. The third kappa shape index (κ3) is 3.21. The zero-order valence-electron chi connectivity index (χ0n) is 9.79. The lowest BCUT2D eigenvalue weighted by molar-refractivity contribution is -0.114. The summed E-state index contributed by atoms with van der Waals surface area (Å²) in [6.07, 6.45) is 0.0769. The predicted octanol–water partition coefficient (Wildman–Crippen LogP) is 1.09.